The van der Waals surface area contributed by atoms with Crippen LogP contribution in [-0.4, -0.2) is 5.71 Å². The third-order valence-electron chi connectivity index (χ3n) is 1.76. The molecule has 0 N–H and O–H groups in total. The maximum atomic E-state index is 4.55. The summed E-state index contributed by atoms with van der Waals surface area (Å²) in [5.41, 5.74) is 2.38. The first-order valence-corrected chi connectivity index (χ1v) is 5.10. The molecule has 0 saturated carbocycles. The molecule has 0 aliphatic heterocycles. The fraction of sp³-hybridized carbons (Fsp3) is 0.583. The molecular formula is C12H21N. The Kier molecular flexibility index (Phi) is 7.27. The van der Waals surface area contributed by atoms with E-state index < -0.39 is 0 Å². The van der Waals surface area contributed by atoms with E-state index in [0.717, 1.165) is 25.0 Å². The SMILES string of the molecule is C=C/C=C(/CCC)N=C(C)CCC. The van der Waals surface area contributed by atoms with Gasteiger partial charge in [-0.05, 0) is 25.8 Å². The van der Waals surface area contributed by atoms with Crippen LogP contribution in [0, 0.1) is 0 Å². The van der Waals surface area contributed by atoms with Gasteiger partial charge < -0.3 is 0 Å². The number of hydrogen-bond donors (Lipinski definition) is 0. The number of hydrogen-bond acceptors (Lipinski definition) is 1. The Bertz CT molecular complexity index is 199. The van der Waals surface area contributed by atoms with Crippen molar-refractivity contribution in [1.82, 2.24) is 0 Å². The van der Waals surface area contributed by atoms with Gasteiger partial charge in [-0.3, -0.25) is 4.99 Å². The molecule has 0 bridgehead atoms. The van der Waals surface area contributed by atoms with E-state index in [1.165, 1.54) is 12.1 Å². The van der Waals surface area contributed by atoms with Crippen LogP contribution in [0.4, 0.5) is 0 Å². The fourth-order valence-electron chi connectivity index (χ4n) is 1.23. The molecule has 0 heterocycles. The molecule has 0 fully saturated rings. The minimum Gasteiger partial charge on any atom is -0.263 e. The lowest BCUT2D eigenvalue weighted by Crippen LogP contribution is -1.91. The number of rotatable bonds is 6. The van der Waals surface area contributed by atoms with Crippen LogP contribution in [0.25, 0.3) is 0 Å². The molecule has 0 aromatic heterocycles. The van der Waals surface area contributed by atoms with Crippen molar-refractivity contribution in [2.24, 2.45) is 4.99 Å². The molecule has 0 aromatic rings. The van der Waals surface area contributed by atoms with Gasteiger partial charge in [0.2, 0.25) is 0 Å². The van der Waals surface area contributed by atoms with E-state index in [1.807, 2.05) is 12.2 Å². The maximum absolute atomic E-state index is 4.55. The second-order valence-corrected chi connectivity index (χ2v) is 3.24. The summed E-state index contributed by atoms with van der Waals surface area (Å²) in [6.07, 6.45) is 8.27. The van der Waals surface area contributed by atoms with Crippen molar-refractivity contribution >= 4 is 5.71 Å². The largest absolute Gasteiger partial charge is 0.263 e. The topological polar surface area (TPSA) is 12.4 Å². The van der Waals surface area contributed by atoms with Gasteiger partial charge in [-0.1, -0.05) is 39.3 Å². The zero-order chi connectivity index (χ0) is 10.1. The summed E-state index contributed by atoms with van der Waals surface area (Å²) in [5, 5.41) is 0. The van der Waals surface area contributed by atoms with E-state index in [4.69, 9.17) is 0 Å². The molecular weight excluding hydrogens is 158 g/mol. The summed E-state index contributed by atoms with van der Waals surface area (Å²) < 4.78 is 0. The average Bonchev–Trinajstić information content (AvgIpc) is 2.05. The summed E-state index contributed by atoms with van der Waals surface area (Å²) in [5.74, 6) is 0. The predicted molar refractivity (Wildman–Crippen MR) is 61.2 cm³/mol. The van der Waals surface area contributed by atoms with Crippen LogP contribution < -0.4 is 0 Å². The summed E-state index contributed by atoms with van der Waals surface area (Å²) in [6.45, 7) is 10.1. The molecule has 0 saturated heterocycles. The second-order valence-electron chi connectivity index (χ2n) is 3.24. The molecule has 0 radical (unpaired) electrons. The fourth-order valence-corrected chi connectivity index (χ4v) is 1.23. The molecule has 1 heteroatoms. The van der Waals surface area contributed by atoms with Gasteiger partial charge in [0.25, 0.3) is 0 Å². The van der Waals surface area contributed by atoms with Gasteiger partial charge in [0.1, 0.15) is 0 Å². The van der Waals surface area contributed by atoms with Gasteiger partial charge in [-0.25, -0.2) is 0 Å². The predicted octanol–water partition coefficient (Wildman–Crippen LogP) is 4.12. The molecule has 0 amide bonds. The van der Waals surface area contributed by atoms with E-state index in [0.29, 0.717) is 0 Å². The zero-order valence-corrected chi connectivity index (χ0v) is 9.14. The van der Waals surface area contributed by atoms with E-state index in [1.54, 1.807) is 0 Å². The molecule has 1 nitrogen and oxygen atoms in total. The lowest BCUT2D eigenvalue weighted by atomic mass is 10.2. The summed E-state index contributed by atoms with van der Waals surface area (Å²) in [4.78, 5) is 4.55. The first kappa shape index (κ1) is 12.2. The van der Waals surface area contributed by atoms with Crippen LogP contribution >= 0.6 is 0 Å². The Morgan fingerprint density at radius 2 is 1.85 bits per heavy atom. The zero-order valence-electron chi connectivity index (χ0n) is 9.14. The number of aliphatic imine (C=N–C) groups is 1. The lowest BCUT2D eigenvalue weighted by molar-refractivity contribution is 0.886. The minimum absolute atomic E-state index is 1.05. The van der Waals surface area contributed by atoms with Gasteiger partial charge >= 0.3 is 0 Å². The Hall–Kier alpha value is -0.850. The monoisotopic (exact) mass is 179 g/mol. The lowest BCUT2D eigenvalue weighted by Gasteiger charge is -2.01. The average molecular weight is 179 g/mol. The second kappa shape index (κ2) is 7.78. The van der Waals surface area contributed by atoms with Gasteiger partial charge in [0.15, 0.2) is 0 Å². The van der Waals surface area contributed by atoms with Crippen molar-refractivity contribution in [3.8, 4) is 0 Å². The van der Waals surface area contributed by atoms with Gasteiger partial charge in [0.05, 0.1) is 0 Å². The molecule has 0 aliphatic carbocycles. The minimum atomic E-state index is 1.05. The van der Waals surface area contributed by atoms with Crippen LogP contribution in [0.1, 0.15) is 46.5 Å². The standard InChI is InChI=1S/C12H21N/c1-5-8-11(4)13-12(9-6-2)10-7-3/h6,9H,2,5,7-8,10H2,1,3-4H3/b12-9-,13-11?. The molecule has 0 unspecified atom stereocenters. The summed E-state index contributed by atoms with van der Waals surface area (Å²) in [7, 11) is 0. The Labute approximate surface area is 82.3 Å². The number of nitrogens with zero attached hydrogens (tertiary/aromatic N) is 1. The van der Waals surface area contributed by atoms with Crippen molar-refractivity contribution in [3.63, 3.8) is 0 Å². The summed E-state index contributed by atoms with van der Waals surface area (Å²) >= 11 is 0. The van der Waals surface area contributed by atoms with Gasteiger partial charge in [0, 0.05) is 11.4 Å². The van der Waals surface area contributed by atoms with Crippen LogP contribution in [0.5, 0.6) is 0 Å². The molecule has 0 aromatic carbocycles. The third-order valence-corrected chi connectivity index (χ3v) is 1.76. The Morgan fingerprint density at radius 1 is 1.23 bits per heavy atom. The molecule has 0 spiro atoms. The van der Waals surface area contributed by atoms with Crippen molar-refractivity contribution in [2.45, 2.75) is 46.5 Å². The highest BCUT2D eigenvalue weighted by Crippen LogP contribution is 2.08. The van der Waals surface area contributed by atoms with E-state index >= 15 is 0 Å². The molecule has 0 aliphatic rings. The molecule has 74 valence electrons. The van der Waals surface area contributed by atoms with Gasteiger partial charge in [-0.15, -0.1) is 0 Å². The summed E-state index contributed by atoms with van der Waals surface area (Å²) in [6, 6.07) is 0. The van der Waals surface area contributed by atoms with Gasteiger partial charge in [-0.2, -0.15) is 0 Å². The van der Waals surface area contributed by atoms with Crippen molar-refractivity contribution in [1.29, 1.82) is 0 Å². The van der Waals surface area contributed by atoms with Crippen LogP contribution in [-0.2, 0) is 0 Å². The molecule has 13 heavy (non-hydrogen) atoms. The maximum Gasteiger partial charge on any atom is 0.0402 e. The van der Waals surface area contributed by atoms with E-state index in [2.05, 4.69) is 32.3 Å². The highest BCUT2D eigenvalue weighted by molar-refractivity contribution is 5.82. The Morgan fingerprint density at radius 3 is 2.31 bits per heavy atom. The number of allylic oxidation sites excluding steroid dienone is 3. The first-order chi connectivity index (χ1) is 6.24. The van der Waals surface area contributed by atoms with Crippen molar-refractivity contribution < 1.29 is 0 Å². The highest BCUT2D eigenvalue weighted by atomic mass is 14.7. The third kappa shape index (κ3) is 6.32. The van der Waals surface area contributed by atoms with E-state index in [9.17, 15) is 0 Å². The quantitative estimate of drug-likeness (QED) is 0.429. The normalized spacial score (nSPS) is 13.2. The molecule has 0 atom stereocenters. The van der Waals surface area contributed by atoms with Crippen molar-refractivity contribution in [3.05, 3.63) is 24.4 Å². The van der Waals surface area contributed by atoms with E-state index in [-0.39, 0.29) is 0 Å². The first-order valence-electron chi connectivity index (χ1n) is 5.10. The highest BCUT2D eigenvalue weighted by Gasteiger charge is 1.93. The smallest absolute Gasteiger partial charge is 0.0402 e. The Balaban J connectivity index is 4.30. The van der Waals surface area contributed by atoms with Crippen LogP contribution in [0.15, 0.2) is 29.4 Å². The van der Waals surface area contributed by atoms with Crippen LogP contribution in [0.2, 0.25) is 0 Å². The van der Waals surface area contributed by atoms with Crippen molar-refractivity contribution in [2.75, 3.05) is 0 Å². The molecule has 0 rings (SSSR count). The van der Waals surface area contributed by atoms with Crippen LogP contribution in [0.3, 0.4) is 0 Å².